The van der Waals surface area contributed by atoms with Gasteiger partial charge < -0.3 is 11.1 Å². The molecule has 1 unspecified atom stereocenters. The lowest BCUT2D eigenvalue weighted by molar-refractivity contribution is 0.0916. The Morgan fingerprint density at radius 1 is 1.33 bits per heavy atom. The molecular weight excluding hydrogens is 333 g/mol. The summed E-state index contributed by atoms with van der Waals surface area (Å²) in [6.07, 6.45) is 6.38. The van der Waals surface area contributed by atoms with Gasteiger partial charge in [-0.25, -0.2) is 12.8 Å². The lowest BCUT2D eigenvalue weighted by atomic mass is 9.84. The Kier molecular flexibility index (Phi) is 6.17. The smallest absolute Gasteiger partial charge is 0.253 e. The number of sulfonamides is 1. The Hall–Kier alpha value is -1.67. The van der Waals surface area contributed by atoms with Crippen molar-refractivity contribution >= 4 is 21.6 Å². The number of nitrogens with one attached hydrogen (secondary N) is 2. The Bertz CT molecular complexity index is 688. The van der Waals surface area contributed by atoms with Gasteiger partial charge in [0.1, 0.15) is 5.82 Å². The number of carbonyl (C=O) groups excluding carboxylic acids is 1. The summed E-state index contributed by atoms with van der Waals surface area (Å²) in [5, 5.41) is 2.84. The summed E-state index contributed by atoms with van der Waals surface area (Å²) in [4.78, 5) is 12.5. The van der Waals surface area contributed by atoms with Gasteiger partial charge in [0.15, 0.2) is 0 Å². The molecule has 0 saturated heterocycles. The molecule has 1 aliphatic carbocycles. The Morgan fingerprint density at radius 2 is 2.00 bits per heavy atom. The fourth-order valence-electron chi connectivity index (χ4n) is 3.14. The van der Waals surface area contributed by atoms with Crippen LogP contribution in [0.25, 0.3) is 0 Å². The molecule has 4 N–H and O–H groups in total. The molecule has 24 heavy (non-hydrogen) atoms. The van der Waals surface area contributed by atoms with Crippen molar-refractivity contribution in [3.63, 3.8) is 0 Å². The SMILES string of the molecule is CS(=O)(=O)Nc1ccc(F)cc1C(=O)NC(CN)C1CCCCC1. The summed E-state index contributed by atoms with van der Waals surface area (Å²) in [7, 11) is -3.58. The van der Waals surface area contributed by atoms with Crippen molar-refractivity contribution in [3.05, 3.63) is 29.6 Å². The van der Waals surface area contributed by atoms with Crippen LogP contribution in [0, 0.1) is 11.7 Å². The molecule has 1 aliphatic rings. The van der Waals surface area contributed by atoms with Crippen LogP contribution in [0.3, 0.4) is 0 Å². The monoisotopic (exact) mass is 357 g/mol. The minimum atomic E-state index is -3.58. The molecule has 1 amide bonds. The van der Waals surface area contributed by atoms with Crippen LogP contribution in [0.4, 0.5) is 10.1 Å². The van der Waals surface area contributed by atoms with E-state index in [4.69, 9.17) is 5.73 Å². The van der Waals surface area contributed by atoms with Crippen LogP contribution >= 0.6 is 0 Å². The highest BCUT2D eigenvalue weighted by Gasteiger charge is 2.25. The number of rotatable bonds is 6. The van der Waals surface area contributed by atoms with Crippen molar-refractivity contribution in [2.45, 2.75) is 38.1 Å². The van der Waals surface area contributed by atoms with E-state index in [9.17, 15) is 17.6 Å². The highest BCUT2D eigenvalue weighted by molar-refractivity contribution is 7.92. The summed E-state index contributed by atoms with van der Waals surface area (Å²) in [6.45, 7) is 0.292. The average Bonchev–Trinajstić information content (AvgIpc) is 2.53. The second-order valence-corrected chi connectivity index (χ2v) is 8.03. The zero-order chi connectivity index (χ0) is 17.7. The van der Waals surface area contributed by atoms with Gasteiger partial charge in [-0.05, 0) is 37.0 Å². The number of hydrogen-bond donors (Lipinski definition) is 3. The third-order valence-electron chi connectivity index (χ3n) is 4.31. The maximum absolute atomic E-state index is 13.5. The second kappa shape index (κ2) is 7.94. The average molecular weight is 357 g/mol. The predicted octanol–water partition coefficient (Wildman–Crippen LogP) is 1.83. The second-order valence-electron chi connectivity index (χ2n) is 6.28. The normalized spacial score (nSPS) is 17.3. The molecule has 6 nitrogen and oxygen atoms in total. The van der Waals surface area contributed by atoms with E-state index in [1.165, 1.54) is 12.5 Å². The van der Waals surface area contributed by atoms with Gasteiger partial charge in [0, 0.05) is 12.6 Å². The van der Waals surface area contributed by atoms with Crippen molar-refractivity contribution in [1.29, 1.82) is 0 Å². The third kappa shape index (κ3) is 5.17. The molecule has 8 heteroatoms. The van der Waals surface area contributed by atoms with E-state index in [0.717, 1.165) is 44.1 Å². The van der Waals surface area contributed by atoms with Gasteiger partial charge in [0.2, 0.25) is 10.0 Å². The van der Waals surface area contributed by atoms with E-state index < -0.39 is 21.7 Å². The predicted molar refractivity (Wildman–Crippen MR) is 91.8 cm³/mol. The molecule has 1 aromatic rings. The zero-order valence-electron chi connectivity index (χ0n) is 13.7. The van der Waals surface area contributed by atoms with E-state index in [0.29, 0.717) is 12.5 Å². The largest absolute Gasteiger partial charge is 0.348 e. The number of hydrogen-bond acceptors (Lipinski definition) is 4. The van der Waals surface area contributed by atoms with Gasteiger partial charge >= 0.3 is 0 Å². The van der Waals surface area contributed by atoms with Crippen molar-refractivity contribution in [2.75, 3.05) is 17.5 Å². The molecule has 1 aromatic carbocycles. The summed E-state index contributed by atoms with van der Waals surface area (Å²) in [6, 6.07) is 3.17. The lowest BCUT2D eigenvalue weighted by Crippen LogP contribution is -2.46. The first-order valence-electron chi connectivity index (χ1n) is 8.08. The standard InChI is InChI=1S/C16H24FN3O3S/c1-24(22,23)20-14-8-7-12(17)9-13(14)16(21)19-15(10-18)11-5-3-2-4-6-11/h7-9,11,15,20H,2-6,10,18H2,1H3,(H,19,21). The fraction of sp³-hybridized carbons (Fsp3) is 0.562. The lowest BCUT2D eigenvalue weighted by Gasteiger charge is -2.30. The van der Waals surface area contributed by atoms with Crippen LogP contribution in [-0.2, 0) is 10.0 Å². The minimum absolute atomic E-state index is 0.0466. The first-order valence-corrected chi connectivity index (χ1v) is 9.97. The molecule has 0 bridgehead atoms. The highest BCUT2D eigenvalue weighted by Crippen LogP contribution is 2.27. The van der Waals surface area contributed by atoms with Gasteiger partial charge in [0.25, 0.3) is 5.91 Å². The van der Waals surface area contributed by atoms with Crippen LogP contribution in [0.15, 0.2) is 18.2 Å². The molecule has 2 rings (SSSR count). The van der Waals surface area contributed by atoms with Crippen molar-refractivity contribution in [3.8, 4) is 0 Å². The van der Waals surface area contributed by atoms with Crippen LogP contribution in [0.5, 0.6) is 0 Å². The Balaban J connectivity index is 2.19. The van der Waals surface area contributed by atoms with Crippen LogP contribution in [0.1, 0.15) is 42.5 Å². The van der Waals surface area contributed by atoms with Crippen LogP contribution in [-0.4, -0.2) is 33.2 Å². The fourth-order valence-corrected chi connectivity index (χ4v) is 3.72. The number of amides is 1. The molecule has 0 radical (unpaired) electrons. The zero-order valence-corrected chi connectivity index (χ0v) is 14.5. The molecule has 0 heterocycles. The highest BCUT2D eigenvalue weighted by atomic mass is 32.2. The molecule has 1 fully saturated rings. The van der Waals surface area contributed by atoms with Crippen LogP contribution in [0.2, 0.25) is 0 Å². The molecule has 134 valence electrons. The molecule has 0 spiro atoms. The van der Waals surface area contributed by atoms with Gasteiger partial charge in [0.05, 0.1) is 17.5 Å². The molecule has 0 aromatic heterocycles. The summed E-state index contributed by atoms with van der Waals surface area (Å²) >= 11 is 0. The minimum Gasteiger partial charge on any atom is -0.348 e. The van der Waals surface area contributed by atoms with E-state index in [1.807, 2.05) is 0 Å². The number of nitrogens with two attached hydrogens (primary N) is 1. The van der Waals surface area contributed by atoms with E-state index >= 15 is 0 Å². The Morgan fingerprint density at radius 3 is 2.58 bits per heavy atom. The maximum atomic E-state index is 13.5. The third-order valence-corrected chi connectivity index (χ3v) is 4.90. The van der Waals surface area contributed by atoms with E-state index in [2.05, 4.69) is 10.0 Å². The number of benzene rings is 1. The number of halogens is 1. The van der Waals surface area contributed by atoms with Gasteiger partial charge in [-0.2, -0.15) is 0 Å². The van der Waals surface area contributed by atoms with Gasteiger partial charge in [-0.1, -0.05) is 19.3 Å². The van der Waals surface area contributed by atoms with E-state index in [-0.39, 0.29) is 17.3 Å². The molecule has 1 atom stereocenters. The first-order chi connectivity index (χ1) is 11.3. The maximum Gasteiger partial charge on any atom is 0.253 e. The van der Waals surface area contributed by atoms with Crippen molar-refractivity contribution < 1.29 is 17.6 Å². The quantitative estimate of drug-likeness (QED) is 0.723. The number of anilines is 1. The molecule has 0 aliphatic heterocycles. The molecule has 1 saturated carbocycles. The summed E-state index contributed by atoms with van der Waals surface area (Å²) in [5.41, 5.74) is 5.80. The summed E-state index contributed by atoms with van der Waals surface area (Å²) < 4.78 is 38.6. The van der Waals surface area contributed by atoms with E-state index in [1.54, 1.807) is 0 Å². The first kappa shape index (κ1) is 18.7. The van der Waals surface area contributed by atoms with Crippen molar-refractivity contribution in [2.24, 2.45) is 11.7 Å². The van der Waals surface area contributed by atoms with Gasteiger partial charge in [-0.3, -0.25) is 9.52 Å². The van der Waals surface area contributed by atoms with Crippen LogP contribution < -0.4 is 15.8 Å². The summed E-state index contributed by atoms with van der Waals surface area (Å²) in [5.74, 6) is -0.838. The molecular formula is C16H24FN3O3S. The number of carbonyl (C=O) groups is 1. The topological polar surface area (TPSA) is 101 Å². The van der Waals surface area contributed by atoms with Gasteiger partial charge in [-0.15, -0.1) is 0 Å². The Labute approximate surface area is 142 Å². The van der Waals surface area contributed by atoms with Crippen molar-refractivity contribution in [1.82, 2.24) is 5.32 Å².